The van der Waals surface area contributed by atoms with Crippen LogP contribution in [0.2, 0.25) is 0 Å². The van der Waals surface area contributed by atoms with E-state index in [1.165, 1.54) is 6.07 Å². The summed E-state index contributed by atoms with van der Waals surface area (Å²) in [6.07, 6.45) is 3.31. The lowest BCUT2D eigenvalue weighted by Crippen LogP contribution is -2.38. The maximum absolute atomic E-state index is 15.1. The van der Waals surface area contributed by atoms with E-state index in [9.17, 15) is 9.59 Å². The number of fused-ring (bicyclic) bond motifs is 1. The van der Waals surface area contributed by atoms with Crippen molar-refractivity contribution < 1.29 is 14.0 Å². The van der Waals surface area contributed by atoms with E-state index in [0.29, 0.717) is 42.5 Å². The van der Waals surface area contributed by atoms with Gasteiger partial charge in [-0.25, -0.2) is 4.39 Å². The average Bonchev–Trinajstić information content (AvgIpc) is 3.40. The molecule has 1 saturated heterocycles. The van der Waals surface area contributed by atoms with E-state index < -0.39 is 0 Å². The average molecular weight is 449 g/mol. The van der Waals surface area contributed by atoms with Crippen LogP contribution in [0.5, 0.6) is 0 Å². The highest BCUT2D eigenvalue weighted by Crippen LogP contribution is 2.32. The van der Waals surface area contributed by atoms with Gasteiger partial charge in [-0.05, 0) is 81.4 Å². The number of rotatable bonds is 4. The molecular weight excluding hydrogens is 419 g/mol. The van der Waals surface area contributed by atoms with Gasteiger partial charge in [-0.3, -0.25) is 9.59 Å². The lowest BCUT2D eigenvalue weighted by atomic mass is 9.97. The van der Waals surface area contributed by atoms with Crippen LogP contribution in [0.15, 0.2) is 48.0 Å². The Morgan fingerprint density at radius 3 is 2.42 bits per heavy atom. The molecule has 0 bridgehead atoms. The molecule has 0 aromatic heterocycles. The van der Waals surface area contributed by atoms with E-state index in [2.05, 4.69) is 23.9 Å². The molecule has 7 heteroatoms. The Hall–Kier alpha value is -3.19. The van der Waals surface area contributed by atoms with Gasteiger partial charge in [0.25, 0.3) is 11.8 Å². The van der Waals surface area contributed by atoms with E-state index in [1.54, 1.807) is 28.0 Å². The molecule has 2 aromatic carbocycles. The highest BCUT2D eigenvalue weighted by Gasteiger charge is 2.30. The molecule has 5 rings (SSSR count). The lowest BCUT2D eigenvalue weighted by molar-refractivity contribution is -0.113. The van der Waals surface area contributed by atoms with Crippen LogP contribution in [-0.2, 0) is 11.2 Å². The van der Waals surface area contributed by atoms with Gasteiger partial charge in [-0.15, -0.1) is 0 Å². The zero-order chi connectivity index (χ0) is 23.3. The first-order valence-corrected chi connectivity index (χ1v) is 11.5. The van der Waals surface area contributed by atoms with Crippen LogP contribution >= 0.6 is 0 Å². The highest BCUT2D eigenvalue weighted by atomic mass is 19.1. The summed E-state index contributed by atoms with van der Waals surface area (Å²) in [5, 5.41) is 0. The molecule has 172 valence electrons. The monoisotopic (exact) mass is 448 g/mol. The van der Waals surface area contributed by atoms with E-state index in [0.717, 1.165) is 36.3 Å². The predicted molar refractivity (Wildman–Crippen MR) is 129 cm³/mol. The second-order valence-corrected chi connectivity index (χ2v) is 9.45. The summed E-state index contributed by atoms with van der Waals surface area (Å²) in [6, 6.07) is 11.1. The standard InChI is InChI=1S/C26H29FN4O2/c1-17-12-25(32)31(15-17)19-4-6-22-18(13-19)8-11-30(26(22)33)20-5-7-24(23(27)14-20)29-10-9-21(16-29)28(2)3/h4-7,12-14,21H,8-11,15-16H2,1-3H3/t21-/m1/s1. The summed E-state index contributed by atoms with van der Waals surface area (Å²) < 4.78 is 15.1. The van der Waals surface area contributed by atoms with Crippen LogP contribution in [0.25, 0.3) is 0 Å². The van der Waals surface area contributed by atoms with E-state index in [-0.39, 0.29) is 17.6 Å². The van der Waals surface area contributed by atoms with Crippen molar-refractivity contribution in [1.29, 1.82) is 0 Å². The zero-order valence-electron chi connectivity index (χ0n) is 19.3. The highest BCUT2D eigenvalue weighted by molar-refractivity contribution is 6.09. The van der Waals surface area contributed by atoms with Crippen LogP contribution in [0, 0.1) is 5.82 Å². The van der Waals surface area contributed by atoms with Crippen LogP contribution in [0.1, 0.15) is 29.3 Å². The summed E-state index contributed by atoms with van der Waals surface area (Å²) >= 11 is 0. The molecule has 0 saturated carbocycles. The molecular formula is C26H29FN4O2. The maximum Gasteiger partial charge on any atom is 0.258 e. The Labute approximate surface area is 193 Å². The number of carbonyl (C=O) groups is 2. The van der Waals surface area contributed by atoms with Crippen molar-refractivity contribution in [3.05, 3.63) is 65.0 Å². The van der Waals surface area contributed by atoms with Gasteiger partial charge in [0.15, 0.2) is 0 Å². The SMILES string of the molecule is CC1=CC(=O)N(c2ccc3c(c2)CCN(c2ccc(N4CC[C@@H](N(C)C)C4)c(F)c2)C3=O)C1. The molecule has 33 heavy (non-hydrogen) atoms. The number of likely N-dealkylation sites (N-methyl/N-ethyl adjacent to an activating group) is 1. The van der Waals surface area contributed by atoms with Gasteiger partial charge in [0, 0.05) is 55.2 Å². The Kier molecular flexibility index (Phi) is 5.44. The molecule has 0 N–H and O–H groups in total. The molecule has 0 radical (unpaired) electrons. The first-order chi connectivity index (χ1) is 15.8. The fraction of sp³-hybridized carbons (Fsp3) is 0.385. The molecule has 1 atom stereocenters. The number of halogens is 1. The van der Waals surface area contributed by atoms with Crippen molar-refractivity contribution in [2.75, 3.05) is 55.0 Å². The number of nitrogens with zero attached hydrogens (tertiary/aromatic N) is 4. The minimum Gasteiger partial charge on any atom is -0.368 e. The van der Waals surface area contributed by atoms with Gasteiger partial charge in [0.05, 0.1) is 5.69 Å². The van der Waals surface area contributed by atoms with Crippen molar-refractivity contribution in [3.8, 4) is 0 Å². The summed E-state index contributed by atoms with van der Waals surface area (Å²) in [5.74, 6) is -0.455. The fourth-order valence-corrected chi connectivity index (χ4v) is 5.07. The third kappa shape index (κ3) is 3.91. The Balaban J connectivity index is 1.34. The molecule has 2 aromatic rings. The normalized spacial score (nSPS) is 20.7. The molecule has 0 aliphatic carbocycles. The number of benzene rings is 2. The third-order valence-electron chi connectivity index (χ3n) is 7.00. The van der Waals surface area contributed by atoms with E-state index in [4.69, 9.17) is 0 Å². The number of anilines is 3. The van der Waals surface area contributed by atoms with E-state index in [1.807, 2.05) is 25.1 Å². The van der Waals surface area contributed by atoms with Crippen LogP contribution in [0.3, 0.4) is 0 Å². The second-order valence-electron chi connectivity index (χ2n) is 9.45. The molecule has 6 nitrogen and oxygen atoms in total. The Morgan fingerprint density at radius 2 is 1.76 bits per heavy atom. The van der Waals surface area contributed by atoms with Gasteiger partial charge in [0.2, 0.25) is 0 Å². The molecule has 2 amide bonds. The van der Waals surface area contributed by atoms with Crippen LogP contribution in [-0.4, -0.2) is 63.0 Å². The molecule has 0 spiro atoms. The van der Waals surface area contributed by atoms with Crippen molar-refractivity contribution in [1.82, 2.24) is 4.90 Å². The third-order valence-corrected chi connectivity index (χ3v) is 7.00. The van der Waals surface area contributed by atoms with Gasteiger partial charge < -0.3 is 19.6 Å². The second kappa shape index (κ2) is 8.30. The number of hydrogen-bond acceptors (Lipinski definition) is 4. The van der Waals surface area contributed by atoms with Crippen molar-refractivity contribution in [3.63, 3.8) is 0 Å². The predicted octanol–water partition coefficient (Wildman–Crippen LogP) is 3.46. The number of carbonyl (C=O) groups excluding carboxylic acids is 2. The molecule has 3 aliphatic heterocycles. The van der Waals surface area contributed by atoms with E-state index >= 15 is 4.39 Å². The number of amides is 2. The van der Waals surface area contributed by atoms with Gasteiger partial charge in [0.1, 0.15) is 5.82 Å². The Morgan fingerprint density at radius 1 is 1.00 bits per heavy atom. The van der Waals surface area contributed by atoms with Crippen LogP contribution < -0.4 is 14.7 Å². The molecule has 3 aliphatic rings. The summed E-state index contributed by atoms with van der Waals surface area (Å²) in [7, 11) is 4.11. The zero-order valence-corrected chi connectivity index (χ0v) is 19.3. The molecule has 0 unspecified atom stereocenters. The van der Waals surface area contributed by atoms with Crippen LogP contribution in [0.4, 0.5) is 21.5 Å². The summed E-state index contributed by atoms with van der Waals surface area (Å²) in [6.45, 7) is 4.62. The van der Waals surface area contributed by atoms with Crippen molar-refractivity contribution in [2.24, 2.45) is 0 Å². The summed E-state index contributed by atoms with van der Waals surface area (Å²) in [4.78, 5) is 33.1. The molecule has 1 fully saturated rings. The van der Waals surface area contributed by atoms with Gasteiger partial charge in [-0.1, -0.05) is 0 Å². The largest absolute Gasteiger partial charge is 0.368 e. The Bertz CT molecular complexity index is 1160. The minimum absolute atomic E-state index is 0.0262. The smallest absolute Gasteiger partial charge is 0.258 e. The number of hydrogen-bond donors (Lipinski definition) is 0. The van der Waals surface area contributed by atoms with Crippen molar-refractivity contribution in [2.45, 2.75) is 25.8 Å². The summed E-state index contributed by atoms with van der Waals surface area (Å²) in [5.41, 5.74) is 4.54. The van der Waals surface area contributed by atoms with Gasteiger partial charge >= 0.3 is 0 Å². The van der Waals surface area contributed by atoms with Crippen molar-refractivity contribution >= 4 is 28.9 Å². The first-order valence-electron chi connectivity index (χ1n) is 11.5. The lowest BCUT2D eigenvalue weighted by Gasteiger charge is -2.30. The first kappa shape index (κ1) is 21.6. The van der Waals surface area contributed by atoms with Gasteiger partial charge in [-0.2, -0.15) is 0 Å². The maximum atomic E-state index is 15.1. The minimum atomic E-state index is -0.295. The molecule has 3 heterocycles. The quantitative estimate of drug-likeness (QED) is 0.719. The fourth-order valence-electron chi connectivity index (χ4n) is 5.07. The topological polar surface area (TPSA) is 47.1 Å².